The van der Waals surface area contributed by atoms with E-state index in [9.17, 15) is 8.78 Å². The van der Waals surface area contributed by atoms with Crippen LogP contribution >= 0.6 is 0 Å². The lowest BCUT2D eigenvalue weighted by atomic mass is 10.0. The van der Waals surface area contributed by atoms with Crippen molar-refractivity contribution in [3.05, 3.63) is 34.9 Å². The van der Waals surface area contributed by atoms with Crippen molar-refractivity contribution in [1.29, 1.82) is 0 Å². The zero-order valence-corrected chi connectivity index (χ0v) is 9.52. The average molecular weight is 225 g/mol. The van der Waals surface area contributed by atoms with Gasteiger partial charge in [-0.2, -0.15) is 0 Å². The Bertz CT molecular complexity index is 370. The van der Waals surface area contributed by atoms with Gasteiger partial charge < -0.3 is 5.32 Å². The zero-order chi connectivity index (χ0) is 11.5. The molecule has 1 fully saturated rings. The van der Waals surface area contributed by atoms with Crippen molar-refractivity contribution >= 4 is 0 Å². The first-order valence-electron chi connectivity index (χ1n) is 5.91. The van der Waals surface area contributed by atoms with Crippen molar-refractivity contribution in [2.24, 2.45) is 0 Å². The van der Waals surface area contributed by atoms with Crippen molar-refractivity contribution in [2.75, 3.05) is 6.54 Å². The third kappa shape index (κ3) is 2.40. The van der Waals surface area contributed by atoms with E-state index in [2.05, 4.69) is 5.32 Å². The number of hydrogen-bond acceptors (Lipinski definition) is 1. The largest absolute Gasteiger partial charge is 0.314 e. The van der Waals surface area contributed by atoms with E-state index in [1.54, 1.807) is 6.07 Å². The molecule has 0 spiro atoms. The molecule has 0 bridgehead atoms. The highest BCUT2D eigenvalue weighted by Crippen LogP contribution is 2.19. The predicted molar refractivity (Wildman–Crippen MR) is 60.5 cm³/mol. The molecule has 16 heavy (non-hydrogen) atoms. The minimum absolute atomic E-state index is 0.306. The van der Waals surface area contributed by atoms with Gasteiger partial charge in [0.15, 0.2) is 11.6 Å². The predicted octanol–water partition coefficient (Wildman–Crippen LogP) is 2.82. The second kappa shape index (κ2) is 4.91. The van der Waals surface area contributed by atoms with E-state index in [-0.39, 0.29) is 0 Å². The Labute approximate surface area is 94.9 Å². The summed E-state index contributed by atoms with van der Waals surface area (Å²) in [6.07, 6.45) is 3.51. The molecule has 1 aliphatic rings. The number of benzene rings is 1. The summed E-state index contributed by atoms with van der Waals surface area (Å²) in [7, 11) is 0. The van der Waals surface area contributed by atoms with Crippen LogP contribution in [0.5, 0.6) is 0 Å². The van der Waals surface area contributed by atoms with Crippen LogP contribution < -0.4 is 5.32 Å². The number of halogens is 2. The van der Waals surface area contributed by atoms with Crippen molar-refractivity contribution in [1.82, 2.24) is 5.32 Å². The minimum atomic E-state index is -0.715. The number of nitrogens with one attached hydrogen (secondary N) is 1. The molecular weight excluding hydrogens is 208 g/mol. The summed E-state index contributed by atoms with van der Waals surface area (Å²) >= 11 is 0. The second-order valence-corrected chi connectivity index (χ2v) is 4.40. The quantitative estimate of drug-likeness (QED) is 0.834. The van der Waals surface area contributed by atoms with Crippen LogP contribution in [-0.4, -0.2) is 12.6 Å². The highest BCUT2D eigenvalue weighted by molar-refractivity contribution is 5.27. The summed E-state index contributed by atoms with van der Waals surface area (Å²) < 4.78 is 26.9. The van der Waals surface area contributed by atoms with Crippen LogP contribution in [0.15, 0.2) is 12.1 Å². The van der Waals surface area contributed by atoms with Crippen molar-refractivity contribution in [3.8, 4) is 0 Å². The van der Waals surface area contributed by atoms with Gasteiger partial charge in [0.2, 0.25) is 0 Å². The molecule has 3 heteroatoms. The highest BCUT2D eigenvalue weighted by Gasteiger charge is 2.18. The van der Waals surface area contributed by atoms with Crippen molar-refractivity contribution in [3.63, 3.8) is 0 Å². The van der Waals surface area contributed by atoms with E-state index < -0.39 is 11.6 Å². The standard InChI is InChI=1S/C13H17F2N/c1-2-9-6-10(13(15)12(14)7-9)8-11-4-3-5-16-11/h6-7,11,16H,2-5,8H2,1H3. The normalized spacial score (nSPS) is 20.3. The first kappa shape index (κ1) is 11.5. The monoisotopic (exact) mass is 225 g/mol. The Morgan fingerprint density at radius 2 is 2.19 bits per heavy atom. The molecule has 0 radical (unpaired) electrons. The fourth-order valence-corrected chi connectivity index (χ4v) is 2.26. The number of aryl methyl sites for hydroxylation is 1. The molecule has 0 aromatic heterocycles. The molecule has 0 amide bonds. The molecule has 1 N–H and O–H groups in total. The van der Waals surface area contributed by atoms with E-state index in [0.717, 1.165) is 31.4 Å². The van der Waals surface area contributed by atoms with Gasteiger partial charge in [-0.05, 0) is 49.4 Å². The first-order valence-corrected chi connectivity index (χ1v) is 5.91. The van der Waals surface area contributed by atoms with E-state index in [0.29, 0.717) is 18.0 Å². The molecule has 1 aromatic rings. The summed E-state index contributed by atoms with van der Waals surface area (Å²) in [4.78, 5) is 0. The van der Waals surface area contributed by atoms with Crippen LogP contribution in [0.25, 0.3) is 0 Å². The summed E-state index contributed by atoms with van der Waals surface area (Å²) in [6.45, 7) is 2.94. The Kier molecular flexibility index (Phi) is 3.54. The van der Waals surface area contributed by atoms with Gasteiger partial charge in [-0.15, -0.1) is 0 Å². The van der Waals surface area contributed by atoms with Gasteiger partial charge in [0.05, 0.1) is 0 Å². The van der Waals surface area contributed by atoms with Gasteiger partial charge in [0.1, 0.15) is 0 Å². The summed E-state index contributed by atoms with van der Waals surface area (Å²) in [5, 5.41) is 3.30. The van der Waals surface area contributed by atoms with Gasteiger partial charge in [-0.1, -0.05) is 13.0 Å². The molecule has 1 nitrogen and oxygen atoms in total. The summed E-state index contributed by atoms with van der Waals surface area (Å²) in [5.74, 6) is -1.39. The molecular formula is C13H17F2N. The third-order valence-electron chi connectivity index (χ3n) is 3.20. The lowest BCUT2D eigenvalue weighted by molar-refractivity contribution is 0.487. The van der Waals surface area contributed by atoms with Crippen LogP contribution in [0.2, 0.25) is 0 Å². The molecule has 2 rings (SSSR count). The van der Waals surface area contributed by atoms with Gasteiger partial charge in [-0.3, -0.25) is 0 Å². The summed E-state index contributed by atoms with van der Waals surface area (Å²) in [6, 6.07) is 3.39. The van der Waals surface area contributed by atoms with Crippen LogP contribution in [0.3, 0.4) is 0 Å². The van der Waals surface area contributed by atoms with Gasteiger partial charge in [0.25, 0.3) is 0 Å². The van der Waals surface area contributed by atoms with Gasteiger partial charge in [-0.25, -0.2) is 8.78 Å². The second-order valence-electron chi connectivity index (χ2n) is 4.40. The maximum absolute atomic E-state index is 13.6. The number of rotatable bonds is 3. The van der Waals surface area contributed by atoms with E-state index in [1.807, 2.05) is 6.92 Å². The zero-order valence-electron chi connectivity index (χ0n) is 9.52. The van der Waals surface area contributed by atoms with Crippen molar-refractivity contribution in [2.45, 2.75) is 38.6 Å². The topological polar surface area (TPSA) is 12.0 Å². The SMILES string of the molecule is CCc1cc(F)c(F)c(CC2CCCN2)c1. The molecule has 1 heterocycles. The van der Waals surface area contributed by atoms with Crippen LogP contribution in [0, 0.1) is 11.6 Å². The van der Waals surface area contributed by atoms with Gasteiger partial charge >= 0.3 is 0 Å². The molecule has 1 atom stereocenters. The third-order valence-corrected chi connectivity index (χ3v) is 3.20. The maximum atomic E-state index is 13.6. The summed E-state index contributed by atoms with van der Waals surface area (Å²) in [5.41, 5.74) is 1.38. The molecule has 0 aliphatic carbocycles. The van der Waals surface area contributed by atoms with E-state index >= 15 is 0 Å². The fraction of sp³-hybridized carbons (Fsp3) is 0.538. The van der Waals surface area contributed by atoms with Gasteiger partial charge in [0, 0.05) is 6.04 Å². The van der Waals surface area contributed by atoms with Crippen molar-refractivity contribution < 1.29 is 8.78 Å². The average Bonchev–Trinajstić information content (AvgIpc) is 2.77. The Morgan fingerprint density at radius 1 is 1.38 bits per heavy atom. The number of hydrogen-bond donors (Lipinski definition) is 1. The lowest BCUT2D eigenvalue weighted by Crippen LogP contribution is -2.24. The fourth-order valence-electron chi connectivity index (χ4n) is 2.26. The van der Waals surface area contributed by atoms with Crippen LogP contribution in [0.4, 0.5) is 8.78 Å². The van der Waals surface area contributed by atoms with Crippen LogP contribution in [-0.2, 0) is 12.8 Å². The smallest absolute Gasteiger partial charge is 0.162 e. The minimum Gasteiger partial charge on any atom is -0.314 e. The lowest BCUT2D eigenvalue weighted by Gasteiger charge is -2.12. The Morgan fingerprint density at radius 3 is 2.81 bits per heavy atom. The maximum Gasteiger partial charge on any atom is 0.162 e. The molecule has 1 saturated heterocycles. The Balaban J connectivity index is 2.20. The van der Waals surface area contributed by atoms with Crippen LogP contribution in [0.1, 0.15) is 30.9 Å². The molecule has 1 unspecified atom stereocenters. The first-order chi connectivity index (χ1) is 7.70. The van der Waals surface area contributed by atoms with E-state index in [1.165, 1.54) is 6.07 Å². The molecule has 1 aliphatic heterocycles. The highest BCUT2D eigenvalue weighted by atomic mass is 19.2. The molecule has 88 valence electrons. The Hall–Kier alpha value is -0.960. The molecule has 0 saturated carbocycles. The van der Waals surface area contributed by atoms with E-state index in [4.69, 9.17) is 0 Å². The molecule has 1 aromatic carbocycles.